The Labute approximate surface area is 106 Å². The normalized spacial score (nSPS) is 24.2. The van der Waals surface area contributed by atoms with E-state index in [0.29, 0.717) is 0 Å². The second-order valence-corrected chi connectivity index (χ2v) is 5.10. The second kappa shape index (κ2) is 4.89. The summed E-state index contributed by atoms with van der Waals surface area (Å²) < 4.78 is 39.1. The summed E-state index contributed by atoms with van der Waals surface area (Å²) >= 11 is 1.44. The van der Waals surface area contributed by atoms with Gasteiger partial charge in [0.05, 0.1) is 0 Å². The van der Waals surface area contributed by atoms with Crippen LogP contribution in [0.15, 0.2) is 16.8 Å². The molecule has 0 aromatic carbocycles. The Bertz CT molecular complexity index is 410. The van der Waals surface area contributed by atoms with Gasteiger partial charge in [-0.25, -0.2) is 0 Å². The first-order valence-electron chi connectivity index (χ1n) is 5.52. The van der Waals surface area contributed by atoms with Crippen molar-refractivity contribution in [2.45, 2.75) is 19.1 Å². The van der Waals surface area contributed by atoms with Gasteiger partial charge < -0.3 is 10.6 Å². The molecule has 0 aliphatic carbocycles. The van der Waals surface area contributed by atoms with Crippen LogP contribution in [0.2, 0.25) is 0 Å². The van der Waals surface area contributed by atoms with Gasteiger partial charge >= 0.3 is 6.18 Å². The smallest absolute Gasteiger partial charge is 0.351 e. The summed E-state index contributed by atoms with van der Waals surface area (Å²) in [4.78, 5) is 11.8. The molecule has 1 aromatic heterocycles. The highest BCUT2D eigenvalue weighted by Crippen LogP contribution is 2.43. The Morgan fingerprint density at radius 2 is 2.33 bits per heavy atom. The summed E-state index contributed by atoms with van der Waals surface area (Å²) in [5, 5.41) is 8.61. The quantitative estimate of drug-likeness (QED) is 0.886. The van der Waals surface area contributed by atoms with Crippen molar-refractivity contribution in [3.63, 3.8) is 0 Å². The number of rotatable bonds is 3. The standard InChI is InChI=1S/C11H13F3N2OS/c12-11(13,14)10(2-3-15-7-10)9(17)16-5-8-1-4-18-6-8/h1,4,6,15H,2-3,5,7H2,(H,16,17). The van der Waals surface area contributed by atoms with Crippen molar-refractivity contribution in [1.29, 1.82) is 0 Å². The third-order valence-electron chi connectivity index (χ3n) is 3.17. The highest BCUT2D eigenvalue weighted by atomic mass is 32.1. The molecule has 1 aromatic rings. The molecule has 100 valence electrons. The molecular formula is C11H13F3N2OS. The van der Waals surface area contributed by atoms with E-state index in [4.69, 9.17) is 0 Å². The molecule has 18 heavy (non-hydrogen) atoms. The molecule has 1 aliphatic heterocycles. The van der Waals surface area contributed by atoms with Crippen LogP contribution < -0.4 is 10.6 Å². The Morgan fingerprint density at radius 1 is 1.56 bits per heavy atom. The molecule has 1 atom stereocenters. The molecule has 0 radical (unpaired) electrons. The topological polar surface area (TPSA) is 41.1 Å². The number of alkyl halides is 3. The van der Waals surface area contributed by atoms with Gasteiger partial charge in [0.1, 0.15) is 0 Å². The Hall–Kier alpha value is -1.08. The average Bonchev–Trinajstić information content (AvgIpc) is 2.96. The minimum Gasteiger partial charge on any atom is -0.351 e. The van der Waals surface area contributed by atoms with Gasteiger partial charge in [0, 0.05) is 13.1 Å². The van der Waals surface area contributed by atoms with Crippen LogP contribution in [-0.4, -0.2) is 25.2 Å². The molecule has 0 saturated carbocycles. The van der Waals surface area contributed by atoms with Crippen LogP contribution in [0.4, 0.5) is 13.2 Å². The van der Waals surface area contributed by atoms with E-state index < -0.39 is 17.5 Å². The number of hydrogen-bond acceptors (Lipinski definition) is 3. The van der Waals surface area contributed by atoms with Crippen molar-refractivity contribution in [3.05, 3.63) is 22.4 Å². The predicted molar refractivity (Wildman–Crippen MR) is 62.1 cm³/mol. The first kappa shape index (κ1) is 13.4. The number of carbonyl (C=O) groups excluding carboxylic acids is 1. The number of amides is 1. The van der Waals surface area contributed by atoms with Gasteiger partial charge in [-0.15, -0.1) is 0 Å². The van der Waals surface area contributed by atoms with Crippen molar-refractivity contribution in [2.24, 2.45) is 5.41 Å². The zero-order valence-corrected chi connectivity index (χ0v) is 10.3. The van der Waals surface area contributed by atoms with Gasteiger partial charge in [-0.2, -0.15) is 24.5 Å². The molecular weight excluding hydrogens is 265 g/mol. The fourth-order valence-electron chi connectivity index (χ4n) is 2.00. The van der Waals surface area contributed by atoms with Gasteiger partial charge in [0.2, 0.25) is 5.91 Å². The lowest BCUT2D eigenvalue weighted by Gasteiger charge is -2.29. The molecule has 1 fully saturated rings. The van der Waals surface area contributed by atoms with Gasteiger partial charge in [-0.1, -0.05) is 0 Å². The van der Waals surface area contributed by atoms with E-state index in [-0.39, 0.29) is 26.1 Å². The Balaban J connectivity index is 2.05. The van der Waals surface area contributed by atoms with Crippen molar-refractivity contribution in [3.8, 4) is 0 Å². The average molecular weight is 278 g/mol. The maximum absolute atomic E-state index is 13.0. The Morgan fingerprint density at radius 3 is 2.83 bits per heavy atom. The van der Waals surface area contributed by atoms with Crippen molar-refractivity contribution in [1.82, 2.24) is 10.6 Å². The first-order chi connectivity index (χ1) is 8.46. The van der Waals surface area contributed by atoms with E-state index in [1.54, 1.807) is 11.4 Å². The SMILES string of the molecule is O=C(NCc1ccsc1)C1(C(F)(F)F)CCNC1. The van der Waals surface area contributed by atoms with Crippen LogP contribution in [0.25, 0.3) is 0 Å². The lowest BCUT2D eigenvalue weighted by Crippen LogP contribution is -2.51. The molecule has 0 spiro atoms. The number of nitrogens with one attached hydrogen (secondary N) is 2. The van der Waals surface area contributed by atoms with Gasteiger partial charge in [-0.05, 0) is 35.4 Å². The van der Waals surface area contributed by atoms with Crippen LogP contribution >= 0.6 is 11.3 Å². The minimum atomic E-state index is -4.52. The van der Waals surface area contributed by atoms with Crippen LogP contribution in [0.1, 0.15) is 12.0 Å². The molecule has 7 heteroatoms. The third-order valence-corrected chi connectivity index (χ3v) is 3.90. The molecule has 1 saturated heterocycles. The van der Waals surface area contributed by atoms with E-state index in [1.807, 2.05) is 5.38 Å². The molecule has 2 heterocycles. The number of thiophene rings is 1. The van der Waals surface area contributed by atoms with E-state index in [1.165, 1.54) is 11.3 Å². The maximum atomic E-state index is 13.0. The highest BCUT2D eigenvalue weighted by Gasteiger charge is 2.61. The van der Waals surface area contributed by atoms with Crippen LogP contribution in [-0.2, 0) is 11.3 Å². The fourth-order valence-corrected chi connectivity index (χ4v) is 2.67. The summed E-state index contributed by atoms with van der Waals surface area (Å²) in [6.45, 7) is 0.0114. The van der Waals surface area contributed by atoms with Crippen molar-refractivity contribution < 1.29 is 18.0 Å². The molecule has 1 aliphatic rings. The molecule has 0 bridgehead atoms. The van der Waals surface area contributed by atoms with Crippen LogP contribution in [0, 0.1) is 5.41 Å². The number of carbonyl (C=O) groups is 1. The van der Waals surface area contributed by atoms with E-state index in [0.717, 1.165) is 5.56 Å². The van der Waals surface area contributed by atoms with E-state index >= 15 is 0 Å². The van der Waals surface area contributed by atoms with Gasteiger partial charge in [0.25, 0.3) is 0 Å². The van der Waals surface area contributed by atoms with E-state index in [9.17, 15) is 18.0 Å². The third kappa shape index (κ3) is 2.37. The number of halogens is 3. The molecule has 1 unspecified atom stereocenters. The first-order valence-corrected chi connectivity index (χ1v) is 6.47. The molecule has 2 N–H and O–H groups in total. The second-order valence-electron chi connectivity index (χ2n) is 4.32. The molecule has 2 rings (SSSR count). The lowest BCUT2D eigenvalue weighted by atomic mass is 9.85. The minimum absolute atomic E-state index is 0.139. The predicted octanol–water partition coefficient (Wildman–Crippen LogP) is 1.91. The molecule has 1 amide bonds. The molecule has 3 nitrogen and oxygen atoms in total. The van der Waals surface area contributed by atoms with Gasteiger partial charge in [-0.3, -0.25) is 4.79 Å². The summed E-state index contributed by atoms with van der Waals surface area (Å²) in [6.07, 6.45) is -4.72. The zero-order chi connectivity index (χ0) is 13.2. The van der Waals surface area contributed by atoms with Crippen molar-refractivity contribution >= 4 is 17.2 Å². The van der Waals surface area contributed by atoms with E-state index in [2.05, 4.69) is 10.6 Å². The zero-order valence-electron chi connectivity index (χ0n) is 9.51. The Kier molecular flexibility index (Phi) is 3.63. The summed E-state index contributed by atoms with van der Waals surface area (Å²) in [5.74, 6) is -0.939. The van der Waals surface area contributed by atoms with Gasteiger partial charge in [0.15, 0.2) is 5.41 Å². The fraction of sp³-hybridized carbons (Fsp3) is 0.545. The highest BCUT2D eigenvalue weighted by molar-refractivity contribution is 7.07. The summed E-state index contributed by atoms with van der Waals surface area (Å²) in [7, 11) is 0. The lowest BCUT2D eigenvalue weighted by molar-refractivity contribution is -0.216. The van der Waals surface area contributed by atoms with Crippen LogP contribution in [0.3, 0.4) is 0 Å². The largest absolute Gasteiger partial charge is 0.404 e. The van der Waals surface area contributed by atoms with Crippen LogP contribution in [0.5, 0.6) is 0 Å². The van der Waals surface area contributed by atoms with Crippen molar-refractivity contribution in [2.75, 3.05) is 13.1 Å². The number of hydrogen-bond donors (Lipinski definition) is 2. The summed E-state index contributed by atoms with van der Waals surface area (Å²) in [6, 6.07) is 1.78. The summed E-state index contributed by atoms with van der Waals surface area (Å²) in [5.41, 5.74) is -1.46. The monoisotopic (exact) mass is 278 g/mol. The maximum Gasteiger partial charge on any atom is 0.404 e.